The monoisotopic (exact) mass is 564 g/mol. The van der Waals surface area contributed by atoms with Crippen molar-refractivity contribution in [2.24, 2.45) is 0 Å². The Balaban J connectivity index is 2.14. The second kappa shape index (κ2) is 7.24. The van der Waals surface area contributed by atoms with Crippen molar-refractivity contribution in [3.63, 3.8) is 0 Å². The van der Waals surface area contributed by atoms with Gasteiger partial charge in [-0.15, -0.1) is 0 Å². The molecule has 0 aliphatic carbocycles. The molecule has 4 nitrogen and oxygen atoms in total. The summed E-state index contributed by atoms with van der Waals surface area (Å²) < 4.78 is 4.74. The van der Waals surface area contributed by atoms with E-state index in [0.717, 1.165) is 32.7 Å². The average Bonchev–Trinajstić information content (AvgIpc) is 2.19. The zero-order valence-corrected chi connectivity index (χ0v) is 15.6. The summed E-state index contributed by atoms with van der Waals surface area (Å²) in [6.07, 6.45) is 0. The maximum absolute atomic E-state index is 11.5. The van der Waals surface area contributed by atoms with Gasteiger partial charge in [0.25, 0.3) is 0 Å². The third-order valence-electron chi connectivity index (χ3n) is 2.47. The first-order valence-electron chi connectivity index (χ1n) is 5.04. The quantitative estimate of drug-likeness (QED) is 0.296. The minimum absolute atomic E-state index is 0.150. The van der Waals surface area contributed by atoms with Crippen molar-refractivity contribution in [1.82, 2.24) is 9.80 Å². The molecule has 0 spiro atoms. The number of nitrogens with zero attached hydrogens (tertiary/aromatic N) is 2. The molecule has 0 aromatic carbocycles. The number of piperazine rings is 1. The number of esters is 1. The van der Waals surface area contributed by atoms with Crippen LogP contribution in [0.4, 0.5) is 0 Å². The Hall–Kier alpha value is 1.58. The highest BCUT2D eigenvalue weighted by molar-refractivity contribution is 14.3. The van der Waals surface area contributed by atoms with Crippen molar-refractivity contribution in [2.75, 3.05) is 46.4 Å². The molecule has 0 N–H and O–H groups in total. The van der Waals surface area contributed by atoms with E-state index in [-0.39, 0.29) is 5.97 Å². The summed E-state index contributed by atoms with van der Waals surface area (Å²) >= 11 is 6.23. The van der Waals surface area contributed by atoms with E-state index in [4.69, 9.17) is 4.74 Å². The fourth-order valence-electron chi connectivity index (χ4n) is 1.42. The third-order valence-corrected chi connectivity index (χ3v) is 3.79. The second-order valence-electron chi connectivity index (χ2n) is 3.78. The molecule has 0 saturated carbocycles. The second-order valence-corrected chi connectivity index (χ2v) is 14.8. The van der Waals surface area contributed by atoms with E-state index in [9.17, 15) is 4.79 Å². The first kappa shape index (κ1) is 15.6. The van der Waals surface area contributed by atoms with Crippen LogP contribution in [0.3, 0.4) is 0 Å². The molecule has 0 bridgehead atoms. The van der Waals surface area contributed by atoms with Crippen molar-refractivity contribution in [3.05, 3.63) is 0 Å². The van der Waals surface area contributed by atoms with Gasteiger partial charge in [-0.25, -0.2) is 4.79 Å². The van der Waals surface area contributed by atoms with Crippen LogP contribution in [0, 0.1) is 0 Å². The van der Waals surface area contributed by atoms with Crippen molar-refractivity contribution in [2.45, 2.75) is -0.565 Å². The van der Waals surface area contributed by atoms with Gasteiger partial charge in [0.1, 0.15) is 6.61 Å². The molecule has 1 heterocycles. The van der Waals surface area contributed by atoms with Crippen LogP contribution >= 0.6 is 67.8 Å². The van der Waals surface area contributed by atoms with E-state index < -0.39 is -0.565 Å². The Morgan fingerprint density at radius 2 is 1.81 bits per heavy atom. The average molecular weight is 564 g/mol. The first-order valence-corrected chi connectivity index (χ1v) is 8.28. The predicted octanol–water partition coefficient (Wildman–Crippen LogP) is 1.74. The van der Waals surface area contributed by atoms with Crippen molar-refractivity contribution >= 4 is 73.7 Å². The summed E-state index contributed by atoms with van der Waals surface area (Å²) in [7, 11) is 2.13. The molecule has 0 amide bonds. The highest BCUT2D eigenvalue weighted by atomic mass is 127. The molecule has 1 aliphatic rings. The Bertz CT molecular complexity index is 237. The van der Waals surface area contributed by atoms with Gasteiger partial charge in [0.2, 0.25) is -0.565 Å². The summed E-state index contributed by atoms with van der Waals surface area (Å²) in [6, 6.07) is 0. The van der Waals surface area contributed by atoms with Crippen LogP contribution in [0.15, 0.2) is 0 Å². The first-order chi connectivity index (χ1) is 7.39. The Morgan fingerprint density at radius 3 is 2.31 bits per heavy atom. The van der Waals surface area contributed by atoms with Gasteiger partial charge >= 0.3 is 5.97 Å². The number of ether oxygens (including phenoxy) is 1. The molecule has 0 unspecified atom stereocenters. The lowest BCUT2D eigenvalue weighted by Gasteiger charge is -2.32. The number of alkyl halides is 3. The van der Waals surface area contributed by atoms with Crippen LogP contribution in [-0.4, -0.2) is 61.6 Å². The molecule has 94 valence electrons. The van der Waals surface area contributed by atoms with E-state index in [2.05, 4.69) is 84.6 Å². The molecule has 1 aliphatic heterocycles. The van der Waals surface area contributed by atoms with Gasteiger partial charge in [-0.2, -0.15) is 0 Å². The maximum Gasteiger partial charge on any atom is 0.342 e. The van der Waals surface area contributed by atoms with Crippen molar-refractivity contribution in [1.29, 1.82) is 0 Å². The summed E-state index contributed by atoms with van der Waals surface area (Å²) in [5.74, 6) is -0.150. The highest BCUT2D eigenvalue weighted by Crippen LogP contribution is 2.36. The van der Waals surface area contributed by atoms with Crippen LogP contribution in [0.1, 0.15) is 0 Å². The van der Waals surface area contributed by atoms with Gasteiger partial charge in [-0.3, -0.25) is 4.90 Å². The topological polar surface area (TPSA) is 32.8 Å². The predicted molar refractivity (Wildman–Crippen MR) is 89.7 cm³/mol. The lowest BCUT2D eigenvalue weighted by atomic mass is 10.3. The van der Waals surface area contributed by atoms with Gasteiger partial charge in [0, 0.05) is 32.7 Å². The van der Waals surface area contributed by atoms with Crippen LogP contribution in [0.5, 0.6) is 0 Å². The lowest BCUT2D eigenvalue weighted by molar-refractivity contribution is -0.141. The number of halogens is 3. The molecule has 1 fully saturated rings. The summed E-state index contributed by atoms with van der Waals surface area (Å²) in [5, 5.41) is 0. The summed E-state index contributed by atoms with van der Waals surface area (Å²) in [6.45, 7) is 5.68. The molecule has 0 aromatic rings. The van der Waals surface area contributed by atoms with Gasteiger partial charge in [-0.05, 0) is 74.8 Å². The van der Waals surface area contributed by atoms with E-state index >= 15 is 0 Å². The van der Waals surface area contributed by atoms with E-state index in [1.165, 1.54) is 0 Å². The molecular weight excluding hydrogens is 549 g/mol. The zero-order valence-electron chi connectivity index (χ0n) is 9.09. The zero-order chi connectivity index (χ0) is 12.2. The Labute approximate surface area is 137 Å². The number of likely N-dealkylation sites (N-methyl/N-ethyl adjacent to an activating group) is 1. The number of hydrogen-bond acceptors (Lipinski definition) is 4. The normalized spacial score (nSPS) is 19.8. The van der Waals surface area contributed by atoms with Crippen LogP contribution in [0.25, 0.3) is 0 Å². The van der Waals surface area contributed by atoms with E-state index in [1.807, 2.05) is 0 Å². The SMILES string of the molecule is CN1CCN(CCOC(=O)C(I)(I)I)CC1. The molecule has 0 radical (unpaired) electrons. The highest BCUT2D eigenvalue weighted by Gasteiger charge is 2.30. The molecule has 7 heteroatoms. The number of carbonyl (C=O) groups excluding carboxylic acids is 1. The molecule has 1 rings (SSSR count). The van der Waals surface area contributed by atoms with Crippen LogP contribution < -0.4 is 0 Å². The minimum atomic E-state index is -0.477. The van der Waals surface area contributed by atoms with Gasteiger partial charge in [0.15, 0.2) is 0 Å². The smallest absolute Gasteiger partial charge is 0.342 e. The minimum Gasteiger partial charge on any atom is -0.462 e. The third kappa shape index (κ3) is 5.96. The number of rotatable bonds is 4. The van der Waals surface area contributed by atoms with Gasteiger partial charge < -0.3 is 9.64 Å². The Morgan fingerprint density at radius 1 is 1.25 bits per heavy atom. The van der Waals surface area contributed by atoms with Crippen LogP contribution in [-0.2, 0) is 9.53 Å². The summed E-state index contributed by atoms with van der Waals surface area (Å²) in [4.78, 5) is 16.1. The van der Waals surface area contributed by atoms with E-state index in [1.54, 1.807) is 0 Å². The molecule has 16 heavy (non-hydrogen) atoms. The Kier molecular flexibility index (Phi) is 7.07. The maximum atomic E-state index is 11.5. The summed E-state index contributed by atoms with van der Waals surface area (Å²) in [5.41, 5.74) is 0. The largest absolute Gasteiger partial charge is 0.462 e. The molecular formula is C9H15I3N2O2. The number of hydrogen-bond donors (Lipinski definition) is 0. The van der Waals surface area contributed by atoms with Crippen molar-refractivity contribution < 1.29 is 9.53 Å². The standard InChI is InChI=1S/C9H15I3N2O2/c1-13-2-4-14(5-3-13)6-7-16-8(15)9(10,11)12/h2-7H2,1H3. The van der Waals surface area contributed by atoms with Gasteiger partial charge in [0.05, 0.1) is 0 Å². The number of carbonyl (C=O) groups is 1. The van der Waals surface area contributed by atoms with Gasteiger partial charge in [-0.1, -0.05) is 0 Å². The van der Waals surface area contributed by atoms with Crippen LogP contribution in [0.2, 0.25) is 0 Å². The lowest BCUT2D eigenvalue weighted by Crippen LogP contribution is -2.45. The molecule has 0 aromatic heterocycles. The van der Waals surface area contributed by atoms with Crippen molar-refractivity contribution in [3.8, 4) is 0 Å². The van der Waals surface area contributed by atoms with E-state index in [0.29, 0.717) is 6.61 Å². The molecule has 0 atom stereocenters. The molecule has 1 saturated heterocycles. The fourth-order valence-corrected chi connectivity index (χ4v) is 1.89. The fraction of sp³-hybridized carbons (Fsp3) is 0.889.